The van der Waals surface area contributed by atoms with Gasteiger partial charge in [-0.15, -0.1) is 0 Å². The Morgan fingerprint density at radius 3 is 2.54 bits per heavy atom. The second-order valence-electron chi connectivity index (χ2n) is 17.9. The number of benzene rings is 1. The van der Waals surface area contributed by atoms with E-state index < -0.39 is 80.0 Å². The van der Waals surface area contributed by atoms with E-state index in [1.807, 2.05) is 25.1 Å². The lowest BCUT2D eigenvalue weighted by Gasteiger charge is -2.32. The van der Waals surface area contributed by atoms with E-state index in [1.54, 1.807) is 39.1 Å². The van der Waals surface area contributed by atoms with Crippen LogP contribution in [-0.4, -0.2) is 90.8 Å². The molecular weight excluding hydrogens is 758 g/mol. The maximum absolute atomic E-state index is 14.9. The number of hydrogen-bond donors (Lipinski definition) is 1. The van der Waals surface area contributed by atoms with E-state index >= 15 is 0 Å². The standard InChI is InChI=1S/C42H54FN3O10S/c1-25-8-6-7-9-27-21-42(27,39(50)45-57(51,52)41(24-43)13-14-41)22-33(47)32-19-28(23-46(32)38(49)31(26(2)18-25)20-35(48)56-40(3,4)5)55-37-30-10-11-34-36(54-17-16-53-34)29(30)12-15-44-37/h7,9-12,15,25-28,31-32H,6,8,13-14,16-24H2,1-5H3,(H,45,50)/b9-7-/t25-,26-,27-,28-,31+,32+,42-/m1/s1. The Morgan fingerprint density at radius 2 is 1.82 bits per heavy atom. The van der Waals surface area contributed by atoms with Crippen LogP contribution in [0, 0.1) is 29.1 Å². The molecule has 1 saturated heterocycles. The molecule has 0 unspecified atom stereocenters. The number of ketones is 1. The Bertz CT molecular complexity index is 2060. The van der Waals surface area contributed by atoms with Gasteiger partial charge in [-0.1, -0.05) is 26.0 Å². The summed E-state index contributed by atoms with van der Waals surface area (Å²) in [4.78, 5) is 62.9. The first-order valence-electron chi connectivity index (χ1n) is 20.1. The first kappa shape index (κ1) is 40.9. The fourth-order valence-corrected chi connectivity index (χ4v) is 10.2. The molecule has 2 saturated carbocycles. The van der Waals surface area contributed by atoms with Crippen molar-refractivity contribution >= 4 is 44.4 Å². The summed E-state index contributed by atoms with van der Waals surface area (Å²) in [6, 6.07) is 4.35. The maximum atomic E-state index is 14.9. The molecule has 4 heterocycles. The van der Waals surface area contributed by atoms with Gasteiger partial charge < -0.3 is 23.8 Å². The molecule has 310 valence electrons. The molecule has 0 radical (unpaired) electrons. The van der Waals surface area contributed by atoms with Gasteiger partial charge in [-0.3, -0.25) is 23.9 Å². The lowest BCUT2D eigenvalue weighted by atomic mass is 9.82. The Kier molecular flexibility index (Phi) is 11.1. The van der Waals surface area contributed by atoms with Crippen LogP contribution in [0.4, 0.5) is 4.39 Å². The number of fused-ring (bicyclic) bond motifs is 5. The molecule has 7 rings (SSSR count). The van der Waals surface area contributed by atoms with Gasteiger partial charge >= 0.3 is 5.97 Å². The van der Waals surface area contributed by atoms with Crippen LogP contribution < -0.4 is 18.9 Å². The number of Topliss-reactive ketones (excluding diaryl/α,β-unsaturated/α-hetero) is 1. The van der Waals surface area contributed by atoms with Crippen LogP contribution in [0.1, 0.15) is 92.4 Å². The molecule has 3 fully saturated rings. The van der Waals surface area contributed by atoms with Gasteiger partial charge in [0, 0.05) is 29.8 Å². The molecule has 1 aromatic carbocycles. The van der Waals surface area contributed by atoms with Gasteiger partial charge in [0.05, 0.1) is 30.3 Å². The fraction of sp³-hybridized carbons (Fsp3) is 0.643. The molecule has 2 aromatic rings. The lowest BCUT2D eigenvalue weighted by molar-refractivity contribution is -0.160. The summed E-state index contributed by atoms with van der Waals surface area (Å²) in [5.41, 5.74) is -2.17. The highest BCUT2D eigenvalue weighted by Gasteiger charge is 2.63. The van der Waals surface area contributed by atoms with Crippen molar-refractivity contribution in [1.82, 2.24) is 14.6 Å². The number of carbonyl (C=O) groups excluding carboxylic acids is 4. The number of halogens is 1. The van der Waals surface area contributed by atoms with E-state index in [0.717, 1.165) is 11.8 Å². The number of ether oxygens (including phenoxy) is 4. The Morgan fingerprint density at radius 1 is 1.07 bits per heavy atom. The minimum atomic E-state index is -4.34. The summed E-state index contributed by atoms with van der Waals surface area (Å²) in [5.74, 6) is -2.06. The third-order valence-electron chi connectivity index (χ3n) is 12.3. The number of hydrogen-bond acceptors (Lipinski definition) is 11. The number of carbonyl (C=O) groups is 4. The van der Waals surface area contributed by atoms with Gasteiger partial charge in [0.15, 0.2) is 17.3 Å². The molecule has 1 aromatic heterocycles. The number of nitrogens with zero attached hydrogens (tertiary/aromatic N) is 2. The van der Waals surface area contributed by atoms with E-state index in [0.29, 0.717) is 42.9 Å². The quantitative estimate of drug-likeness (QED) is 0.259. The molecule has 57 heavy (non-hydrogen) atoms. The van der Waals surface area contributed by atoms with Crippen LogP contribution in [0.2, 0.25) is 0 Å². The highest BCUT2D eigenvalue weighted by molar-refractivity contribution is 7.91. The number of allylic oxidation sites excluding steroid dienone is 2. The molecule has 13 nitrogen and oxygen atoms in total. The normalized spacial score (nSPS) is 30.6. The lowest BCUT2D eigenvalue weighted by Crippen LogP contribution is -2.48. The number of alkyl halides is 1. The predicted octanol–water partition coefficient (Wildman–Crippen LogP) is 5.63. The Labute approximate surface area is 333 Å². The van der Waals surface area contributed by atoms with Crippen molar-refractivity contribution in [3.63, 3.8) is 0 Å². The van der Waals surface area contributed by atoms with Gasteiger partial charge in [0.25, 0.3) is 0 Å². The predicted molar refractivity (Wildman–Crippen MR) is 208 cm³/mol. The van der Waals surface area contributed by atoms with E-state index in [1.165, 1.54) is 4.90 Å². The van der Waals surface area contributed by atoms with Crippen LogP contribution >= 0.6 is 0 Å². The van der Waals surface area contributed by atoms with Crippen molar-refractivity contribution in [2.75, 3.05) is 26.4 Å². The van der Waals surface area contributed by atoms with Crippen LogP contribution in [0.25, 0.3) is 10.8 Å². The third kappa shape index (κ3) is 8.36. The summed E-state index contributed by atoms with van der Waals surface area (Å²) < 4.78 is 64.8. The largest absolute Gasteiger partial charge is 0.486 e. The third-order valence-corrected chi connectivity index (χ3v) is 14.4. The number of sulfonamides is 1. The maximum Gasteiger partial charge on any atom is 0.307 e. The highest BCUT2D eigenvalue weighted by Crippen LogP contribution is 2.58. The van der Waals surface area contributed by atoms with Gasteiger partial charge in [0.2, 0.25) is 27.7 Å². The van der Waals surface area contributed by atoms with Crippen molar-refractivity contribution in [2.45, 2.75) is 115 Å². The molecule has 0 bridgehead atoms. The van der Waals surface area contributed by atoms with Crippen molar-refractivity contribution in [3.05, 3.63) is 36.5 Å². The molecule has 1 N–H and O–H groups in total. The molecule has 2 aliphatic carbocycles. The van der Waals surface area contributed by atoms with Gasteiger partial charge in [0.1, 0.15) is 36.3 Å². The Balaban J connectivity index is 1.22. The first-order chi connectivity index (χ1) is 27.0. The molecule has 3 aliphatic heterocycles. The summed E-state index contributed by atoms with van der Waals surface area (Å²) >= 11 is 0. The van der Waals surface area contributed by atoms with Crippen LogP contribution in [0.5, 0.6) is 17.4 Å². The van der Waals surface area contributed by atoms with E-state index in [9.17, 15) is 32.0 Å². The zero-order valence-corrected chi connectivity index (χ0v) is 34.2. The molecular formula is C42H54FN3O10S. The number of aromatic nitrogens is 1. The van der Waals surface area contributed by atoms with E-state index in [4.69, 9.17) is 18.9 Å². The van der Waals surface area contributed by atoms with E-state index in [2.05, 4.69) is 16.6 Å². The summed E-state index contributed by atoms with van der Waals surface area (Å²) in [7, 11) is -4.34. The number of rotatable bonds is 8. The van der Waals surface area contributed by atoms with E-state index in [-0.39, 0.29) is 62.8 Å². The Hall–Kier alpha value is -4.27. The first-order valence-corrected chi connectivity index (χ1v) is 21.6. The monoisotopic (exact) mass is 811 g/mol. The minimum Gasteiger partial charge on any atom is -0.486 e. The topological polar surface area (TPSA) is 168 Å². The van der Waals surface area contributed by atoms with Crippen molar-refractivity contribution in [3.8, 4) is 17.4 Å². The smallest absolute Gasteiger partial charge is 0.307 e. The highest BCUT2D eigenvalue weighted by atomic mass is 32.2. The van der Waals surface area contributed by atoms with Crippen molar-refractivity contribution in [1.29, 1.82) is 0 Å². The average Bonchev–Trinajstić information content (AvgIpc) is 4.06. The number of esters is 1. The van der Waals surface area contributed by atoms with Crippen LogP contribution in [0.15, 0.2) is 36.5 Å². The molecule has 0 spiro atoms. The van der Waals surface area contributed by atoms with Gasteiger partial charge in [-0.2, -0.15) is 0 Å². The second kappa shape index (κ2) is 15.5. The molecule has 5 aliphatic rings. The van der Waals surface area contributed by atoms with Gasteiger partial charge in [-0.05, 0) is 95.2 Å². The number of pyridine rings is 1. The molecule has 2 amide bonds. The molecule has 15 heteroatoms. The van der Waals surface area contributed by atoms with Gasteiger partial charge in [-0.25, -0.2) is 17.8 Å². The summed E-state index contributed by atoms with van der Waals surface area (Å²) in [6.45, 7) is 9.03. The molecule has 7 atom stereocenters. The second-order valence-corrected chi connectivity index (χ2v) is 19.9. The minimum absolute atomic E-state index is 0.000872. The fourth-order valence-electron chi connectivity index (χ4n) is 8.79. The number of nitrogens with one attached hydrogen (secondary N) is 1. The zero-order valence-electron chi connectivity index (χ0n) is 33.4. The van der Waals surface area contributed by atoms with Crippen molar-refractivity contribution < 1.29 is 50.9 Å². The zero-order chi connectivity index (χ0) is 40.9. The van der Waals surface area contributed by atoms with Crippen LogP contribution in [0.3, 0.4) is 0 Å². The SMILES string of the molecule is C[C@@H]1CC/C=C\[C@@H]2C[C@@]2(C(=O)NS(=O)(=O)C2(CF)CC2)CC(=O)[C@@H]2C[C@@H](Oc3nccc4c5c(ccc34)OCCO5)CN2C(=O)[C@@H](CC(=O)OC(C)(C)C)[C@H](C)C1. The summed E-state index contributed by atoms with van der Waals surface area (Å²) in [6.07, 6.45) is 6.79. The summed E-state index contributed by atoms with van der Waals surface area (Å²) in [5, 5.41) is 1.38. The van der Waals surface area contributed by atoms with Crippen molar-refractivity contribution in [2.24, 2.45) is 29.1 Å². The average molecular weight is 812 g/mol. The number of amides is 2. The van der Waals surface area contributed by atoms with Crippen LogP contribution in [-0.2, 0) is 33.9 Å².